The Hall–Kier alpha value is -3.50. The van der Waals surface area contributed by atoms with Gasteiger partial charge in [-0.3, -0.25) is 9.52 Å². The third kappa shape index (κ3) is 4.46. The first kappa shape index (κ1) is 23.7. The first-order valence-corrected chi connectivity index (χ1v) is 12.7. The third-order valence-corrected chi connectivity index (χ3v) is 8.07. The van der Waals surface area contributed by atoms with Crippen molar-refractivity contribution in [2.24, 2.45) is 0 Å². The van der Waals surface area contributed by atoms with Gasteiger partial charge < -0.3 is 10.1 Å². The zero-order chi connectivity index (χ0) is 24.6. The molecule has 0 unspecified atom stereocenters. The summed E-state index contributed by atoms with van der Waals surface area (Å²) in [6, 6.07) is 11.5. The van der Waals surface area contributed by atoms with Gasteiger partial charge in [-0.25, -0.2) is 18.4 Å². The number of ether oxygens (including phenoxy) is 1. The van der Waals surface area contributed by atoms with Crippen LogP contribution in [0.3, 0.4) is 0 Å². The molecule has 0 fully saturated rings. The molecule has 0 saturated carbocycles. The largest absolute Gasteiger partial charge is 0.495 e. The van der Waals surface area contributed by atoms with Gasteiger partial charge in [-0.2, -0.15) is 0 Å². The van der Waals surface area contributed by atoms with Gasteiger partial charge in [0.25, 0.3) is 15.9 Å². The zero-order valence-electron chi connectivity index (χ0n) is 19.4. The summed E-state index contributed by atoms with van der Waals surface area (Å²) in [5, 5.41) is 3.70. The Morgan fingerprint density at radius 2 is 1.76 bits per heavy atom. The number of thiophene rings is 1. The minimum Gasteiger partial charge on any atom is -0.495 e. The van der Waals surface area contributed by atoms with E-state index in [0.29, 0.717) is 33.4 Å². The van der Waals surface area contributed by atoms with E-state index in [9.17, 15) is 13.2 Å². The molecule has 0 atom stereocenters. The van der Waals surface area contributed by atoms with Crippen LogP contribution in [0.15, 0.2) is 47.4 Å². The standard InChI is InChI=1S/C24H24N4O4S2/c1-13-10-11-17(12-20(13)34(30,31)28-18-8-6-7-9-19(18)32-5)27-23(29)22-14(2)21-15(3)25-16(4)26-24(21)33-22/h6-12,28H,1-5H3,(H,27,29). The van der Waals surface area contributed by atoms with Crippen LogP contribution >= 0.6 is 11.3 Å². The van der Waals surface area contributed by atoms with E-state index in [0.717, 1.165) is 21.5 Å². The van der Waals surface area contributed by atoms with Crippen molar-refractivity contribution in [3.63, 3.8) is 0 Å². The number of hydrogen-bond acceptors (Lipinski definition) is 7. The summed E-state index contributed by atoms with van der Waals surface area (Å²) in [5.74, 6) is 0.721. The third-order valence-electron chi connectivity index (χ3n) is 5.38. The van der Waals surface area contributed by atoms with Crippen molar-refractivity contribution in [3.8, 4) is 5.75 Å². The molecule has 0 saturated heterocycles. The van der Waals surface area contributed by atoms with E-state index < -0.39 is 10.0 Å². The van der Waals surface area contributed by atoms with Crippen molar-refractivity contribution in [2.45, 2.75) is 32.6 Å². The number of aromatic nitrogens is 2. The molecule has 2 N–H and O–H groups in total. The molecule has 176 valence electrons. The van der Waals surface area contributed by atoms with Crippen LogP contribution in [-0.4, -0.2) is 31.4 Å². The van der Waals surface area contributed by atoms with Crippen LogP contribution in [0.25, 0.3) is 10.2 Å². The zero-order valence-corrected chi connectivity index (χ0v) is 21.0. The maximum Gasteiger partial charge on any atom is 0.266 e. The van der Waals surface area contributed by atoms with E-state index >= 15 is 0 Å². The number of carbonyl (C=O) groups excluding carboxylic acids is 1. The van der Waals surface area contributed by atoms with E-state index in [1.165, 1.54) is 24.5 Å². The van der Waals surface area contributed by atoms with Crippen LogP contribution in [0.4, 0.5) is 11.4 Å². The van der Waals surface area contributed by atoms with Crippen LogP contribution in [-0.2, 0) is 10.0 Å². The molecular weight excluding hydrogens is 472 g/mol. The highest BCUT2D eigenvalue weighted by Gasteiger charge is 2.22. The summed E-state index contributed by atoms with van der Waals surface area (Å²) in [6.45, 7) is 7.27. The molecule has 34 heavy (non-hydrogen) atoms. The number of nitrogens with one attached hydrogen (secondary N) is 2. The molecule has 0 aliphatic rings. The molecule has 2 aromatic heterocycles. The van der Waals surface area contributed by atoms with Gasteiger partial charge in [-0.05, 0) is 63.1 Å². The SMILES string of the molecule is COc1ccccc1NS(=O)(=O)c1cc(NC(=O)c2sc3nc(C)nc(C)c3c2C)ccc1C. The molecule has 0 bridgehead atoms. The molecule has 2 aromatic carbocycles. The summed E-state index contributed by atoms with van der Waals surface area (Å²) >= 11 is 1.29. The summed E-state index contributed by atoms with van der Waals surface area (Å²) in [6.07, 6.45) is 0. The average molecular weight is 497 g/mol. The number of benzene rings is 2. The fraction of sp³-hybridized carbons (Fsp3) is 0.208. The number of aryl methyl sites for hydroxylation is 4. The van der Waals surface area contributed by atoms with Crippen molar-refractivity contribution in [2.75, 3.05) is 17.1 Å². The minimum atomic E-state index is -3.94. The van der Waals surface area contributed by atoms with Gasteiger partial charge in [-0.1, -0.05) is 18.2 Å². The van der Waals surface area contributed by atoms with E-state index in [1.54, 1.807) is 43.3 Å². The highest BCUT2D eigenvalue weighted by Crippen LogP contribution is 2.32. The number of amides is 1. The van der Waals surface area contributed by atoms with Crippen molar-refractivity contribution in [1.82, 2.24) is 9.97 Å². The highest BCUT2D eigenvalue weighted by atomic mass is 32.2. The smallest absolute Gasteiger partial charge is 0.266 e. The summed E-state index contributed by atoms with van der Waals surface area (Å²) in [4.78, 5) is 23.3. The molecule has 1 amide bonds. The predicted octanol–water partition coefficient (Wildman–Crippen LogP) is 4.99. The molecule has 0 aliphatic heterocycles. The molecule has 2 heterocycles. The molecule has 0 spiro atoms. The molecule has 0 radical (unpaired) electrons. The Morgan fingerprint density at radius 1 is 1.03 bits per heavy atom. The molecule has 4 aromatic rings. The van der Waals surface area contributed by atoms with Gasteiger partial charge in [0.05, 0.1) is 22.6 Å². The van der Waals surface area contributed by atoms with E-state index in [2.05, 4.69) is 20.0 Å². The van der Waals surface area contributed by atoms with E-state index in [4.69, 9.17) is 4.74 Å². The normalized spacial score (nSPS) is 11.4. The van der Waals surface area contributed by atoms with Crippen LogP contribution in [0.1, 0.15) is 32.3 Å². The number of anilines is 2. The van der Waals surface area contributed by atoms with Crippen molar-refractivity contribution < 1.29 is 17.9 Å². The maximum absolute atomic E-state index is 13.1. The first-order chi connectivity index (χ1) is 16.1. The van der Waals surface area contributed by atoms with Crippen molar-refractivity contribution >= 4 is 48.9 Å². The summed E-state index contributed by atoms with van der Waals surface area (Å²) in [5.41, 5.74) is 2.85. The lowest BCUT2D eigenvalue weighted by Gasteiger charge is -2.14. The van der Waals surface area contributed by atoms with Gasteiger partial charge in [0.15, 0.2) is 0 Å². The predicted molar refractivity (Wildman–Crippen MR) is 135 cm³/mol. The average Bonchev–Trinajstić information content (AvgIpc) is 3.11. The Kier molecular flexibility index (Phi) is 6.28. The number of sulfonamides is 1. The van der Waals surface area contributed by atoms with Crippen LogP contribution in [0.2, 0.25) is 0 Å². The second kappa shape index (κ2) is 9.03. The Morgan fingerprint density at radius 3 is 2.50 bits per heavy atom. The van der Waals surface area contributed by atoms with Crippen molar-refractivity contribution in [1.29, 1.82) is 0 Å². The van der Waals surface area contributed by atoms with Gasteiger partial charge >= 0.3 is 0 Å². The van der Waals surface area contributed by atoms with E-state index in [-0.39, 0.29) is 10.8 Å². The Labute approximate surface area is 202 Å². The lowest BCUT2D eigenvalue weighted by atomic mass is 10.1. The number of hydrogen-bond donors (Lipinski definition) is 2. The van der Waals surface area contributed by atoms with Gasteiger partial charge in [0.2, 0.25) is 0 Å². The lowest BCUT2D eigenvalue weighted by Crippen LogP contribution is -2.16. The fourth-order valence-corrected chi connectivity index (χ4v) is 6.29. The molecule has 0 aliphatic carbocycles. The summed E-state index contributed by atoms with van der Waals surface area (Å²) < 4.78 is 34.1. The van der Waals surface area contributed by atoms with E-state index in [1.807, 2.05) is 20.8 Å². The summed E-state index contributed by atoms with van der Waals surface area (Å²) in [7, 11) is -2.46. The Balaban J connectivity index is 1.65. The van der Waals surface area contributed by atoms with Gasteiger partial charge in [0, 0.05) is 16.8 Å². The lowest BCUT2D eigenvalue weighted by molar-refractivity contribution is 0.103. The van der Waals surface area contributed by atoms with Crippen molar-refractivity contribution in [3.05, 3.63) is 70.0 Å². The number of nitrogens with zero attached hydrogens (tertiary/aromatic N) is 2. The quantitative estimate of drug-likeness (QED) is 0.389. The van der Waals surface area contributed by atoms with Crippen LogP contribution in [0.5, 0.6) is 5.75 Å². The maximum atomic E-state index is 13.1. The number of para-hydroxylation sites is 2. The minimum absolute atomic E-state index is 0.0570. The number of rotatable bonds is 6. The monoisotopic (exact) mass is 496 g/mol. The van der Waals surface area contributed by atoms with Crippen LogP contribution in [0, 0.1) is 27.7 Å². The molecule has 8 nitrogen and oxygen atoms in total. The molecule has 10 heteroatoms. The van der Waals surface area contributed by atoms with Gasteiger partial charge in [0.1, 0.15) is 16.4 Å². The first-order valence-electron chi connectivity index (χ1n) is 10.4. The second-order valence-electron chi connectivity index (χ2n) is 7.83. The fourth-order valence-electron chi connectivity index (χ4n) is 3.77. The molecule has 4 rings (SSSR count). The Bertz CT molecular complexity index is 1530. The number of methoxy groups -OCH3 is 1. The highest BCUT2D eigenvalue weighted by molar-refractivity contribution is 7.92. The number of carbonyl (C=O) groups is 1. The molecular formula is C24H24N4O4S2. The van der Waals surface area contributed by atoms with Gasteiger partial charge in [-0.15, -0.1) is 11.3 Å². The van der Waals surface area contributed by atoms with Crippen LogP contribution < -0.4 is 14.8 Å². The second-order valence-corrected chi connectivity index (χ2v) is 10.5. The topological polar surface area (TPSA) is 110 Å². The number of fused-ring (bicyclic) bond motifs is 1.